The highest BCUT2D eigenvalue weighted by molar-refractivity contribution is 6.01. The number of rotatable bonds is 2. The maximum absolute atomic E-state index is 10.9. The Bertz CT molecular complexity index is 356. The number of carbonyl (C=O) groups excluding carboxylic acids is 1. The molecule has 0 unspecified atom stereocenters. The average Bonchev–Trinajstić information content (AvgIpc) is 2.27. The van der Waals surface area contributed by atoms with Gasteiger partial charge in [-0.1, -0.05) is 18.2 Å². The fourth-order valence-electron chi connectivity index (χ4n) is 1.58. The van der Waals surface area contributed by atoms with Gasteiger partial charge in [0.25, 0.3) is 0 Å². The number of amides is 1. The summed E-state index contributed by atoms with van der Waals surface area (Å²) in [5, 5.41) is 4.05. The Morgan fingerprint density at radius 3 is 2.94 bits per heavy atom. The van der Waals surface area contributed by atoms with Gasteiger partial charge in [0.05, 0.1) is 12.8 Å². The summed E-state index contributed by atoms with van der Waals surface area (Å²) in [5.41, 5.74) is 5.49. The number of hydrazone groups is 1. The van der Waals surface area contributed by atoms with Crippen molar-refractivity contribution in [3.8, 4) is 0 Å². The van der Waals surface area contributed by atoms with Crippen LogP contribution in [-0.2, 0) is 4.74 Å². The molecule has 0 spiro atoms. The van der Waals surface area contributed by atoms with Crippen LogP contribution >= 0.6 is 0 Å². The smallest absolute Gasteiger partial charge is 0.427 e. The van der Waals surface area contributed by atoms with Crippen molar-refractivity contribution in [3.05, 3.63) is 23.8 Å². The van der Waals surface area contributed by atoms with Crippen molar-refractivity contribution in [1.82, 2.24) is 5.43 Å². The summed E-state index contributed by atoms with van der Waals surface area (Å²) < 4.78 is 4.46. The van der Waals surface area contributed by atoms with Crippen LogP contribution in [0.2, 0.25) is 0 Å². The molecule has 88 valence electrons. The molecule has 4 nitrogen and oxygen atoms in total. The molecule has 0 aromatic carbocycles. The number of hydrogen-bond donors (Lipinski definition) is 1. The van der Waals surface area contributed by atoms with E-state index in [2.05, 4.69) is 27.9 Å². The zero-order chi connectivity index (χ0) is 12.1. The van der Waals surface area contributed by atoms with E-state index in [1.54, 1.807) is 0 Å². The first-order chi connectivity index (χ1) is 7.54. The van der Waals surface area contributed by atoms with Crippen molar-refractivity contribution in [3.63, 3.8) is 0 Å². The van der Waals surface area contributed by atoms with Gasteiger partial charge in [-0.3, -0.25) is 0 Å². The van der Waals surface area contributed by atoms with E-state index in [-0.39, 0.29) is 0 Å². The summed E-state index contributed by atoms with van der Waals surface area (Å²) >= 11 is 0. The Morgan fingerprint density at radius 1 is 1.69 bits per heavy atom. The maximum atomic E-state index is 10.9. The fourth-order valence-corrected chi connectivity index (χ4v) is 1.58. The lowest BCUT2D eigenvalue weighted by Crippen LogP contribution is -2.22. The van der Waals surface area contributed by atoms with E-state index in [1.807, 2.05) is 13.8 Å². The quantitative estimate of drug-likeness (QED) is 0.576. The van der Waals surface area contributed by atoms with Gasteiger partial charge in [-0.25, -0.2) is 10.2 Å². The van der Waals surface area contributed by atoms with Crippen molar-refractivity contribution in [2.75, 3.05) is 7.11 Å². The molecule has 0 fully saturated rings. The third-order valence-corrected chi connectivity index (χ3v) is 2.77. The first-order valence-corrected chi connectivity index (χ1v) is 5.27. The standard InChI is InChI=1S/C12H18N2O2/c1-8(2)10-6-5-9(3)11(7-10)13-14-12(15)16-4/h5,10H,1,6-7H2,2-4H3,(H,14,15)/b13-11-/t10-/m0/s1. The summed E-state index contributed by atoms with van der Waals surface area (Å²) in [6, 6.07) is 0. The maximum Gasteiger partial charge on any atom is 0.427 e. The van der Waals surface area contributed by atoms with Crippen LogP contribution < -0.4 is 5.43 Å². The lowest BCUT2D eigenvalue weighted by atomic mass is 9.85. The van der Waals surface area contributed by atoms with Crippen molar-refractivity contribution < 1.29 is 9.53 Å². The number of allylic oxidation sites excluding steroid dienone is 3. The highest BCUT2D eigenvalue weighted by Crippen LogP contribution is 2.26. The van der Waals surface area contributed by atoms with Gasteiger partial charge in [-0.15, -0.1) is 0 Å². The van der Waals surface area contributed by atoms with E-state index in [0.717, 1.165) is 29.7 Å². The molecule has 1 N–H and O–H groups in total. The monoisotopic (exact) mass is 222 g/mol. The van der Waals surface area contributed by atoms with E-state index in [9.17, 15) is 4.79 Å². The molecule has 1 atom stereocenters. The minimum atomic E-state index is -0.544. The molecule has 0 aromatic rings. The van der Waals surface area contributed by atoms with Crippen LogP contribution in [0.4, 0.5) is 4.79 Å². The van der Waals surface area contributed by atoms with Crippen LogP contribution in [0.15, 0.2) is 28.9 Å². The lowest BCUT2D eigenvalue weighted by Gasteiger charge is -2.22. The van der Waals surface area contributed by atoms with E-state index >= 15 is 0 Å². The van der Waals surface area contributed by atoms with Gasteiger partial charge in [-0.2, -0.15) is 5.10 Å². The van der Waals surface area contributed by atoms with Gasteiger partial charge >= 0.3 is 6.09 Å². The molecule has 1 aliphatic rings. The van der Waals surface area contributed by atoms with Crippen LogP contribution in [0.1, 0.15) is 26.7 Å². The molecule has 0 aliphatic heterocycles. The topological polar surface area (TPSA) is 50.7 Å². The van der Waals surface area contributed by atoms with Crippen LogP contribution in [0.25, 0.3) is 0 Å². The predicted molar refractivity (Wildman–Crippen MR) is 64.3 cm³/mol. The number of ether oxygens (including phenoxy) is 1. The molecule has 1 aliphatic carbocycles. The summed E-state index contributed by atoms with van der Waals surface area (Å²) in [6.07, 6.45) is 3.40. The largest absolute Gasteiger partial charge is 0.452 e. The summed E-state index contributed by atoms with van der Waals surface area (Å²) in [4.78, 5) is 10.9. The molecule has 16 heavy (non-hydrogen) atoms. The Kier molecular flexibility index (Phi) is 4.28. The lowest BCUT2D eigenvalue weighted by molar-refractivity contribution is 0.171. The SMILES string of the molecule is C=C(C)[C@H]1CC=C(C)/C(=N\NC(=O)OC)C1. The Labute approximate surface area is 96.1 Å². The number of hydrogen-bond acceptors (Lipinski definition) is 3. The first kappa shape index (κ1) is 12.5. The van der Waals surface area contributed by atoms with Gasteiger partial charge in [0.2, 0.25) is 0 Å². The Morgan fingerprint density at radius 2 is 2.38 bits per heavy atom. The second kappa shape index (κ2) is 5.49. The molecule has 0 aromatic heterocycles. The number of carbonyl (C=O) groups is 1. The van der Waals surface area contributed by atoms with Crippen molar-refractivity contribution in [2.45, 2.75) is 26.7 Å². The second-order valence-electron chi connectivity index (χ2n) is 4.03. The van der Waals surface area contributed by atoms with Gasteiger partial charge in [-0.05, 0) is 38.2 Å². The first-order valence-electron chi connectivity index (χ1n) is 5.27. The van der Waals surface area contributed by atoms with Crippen LogP contribution in [-0.4, -0.2) is 18.9 Å². The molecule has 0 radical (unpaired) electrons. The van der Waals surface area contributed by atoms with Gasteiger partial charge < -0.3 is 4.74 Å². The second-order valence-corrected chi connectivity index (χ2v) is 4.03. The molecule has 0 bridgehead atoms. The highest BCUT2D eigenvalue weighted by atomic mass is 16.5. The summed E-state index contributed by atoms with van der Waals surface area (Å²) in [7, 11) is 1.32. The average molecular weight is 222 g/mol. The predicted octanol–water partition coefficient (Wildman–Crippen LogP) is 2.63. The molecule has 0 saturated carbocycles. The normalized spacial score (nSPS) is 22.6. The molecule has 0 heterocycles. The van der Waals surface area contributed by atoms with E-state index in [0.29, 0.717) is 5.92 Å². The minimum Gasteiger partial charge on any atom is -0.452 e. The molecular formula is C12H18N2O2. The summed E-state index contributed by atoms with van der Waals surface area (Å²) in [5.74, 6) is 0.418. The van der Waals surface area contributed by atoms with E-state index < -0.39 is 6.09 Å². The van der Waals surface area contributed by atoms with Gasteiger partial charge in [0, 0.05) is 0 Å². The zero-order valence-electron chi connectivity index (χ0n) is 10.0. The molecule has 1 amide bonds. The minimum absolute atomic E-state index is 0.418. The fraction of sp³-hybridized carbons (Fsp3) is 0.500. The van der Waals surface area contributed by atoms with Gasteiger partial charge in [0.15, 0.2) is 0 Å². The van der Waals surface area contributed by atoms with Crippen LogP contribution in [0.3, 0.4) is 0 Å². The van der Waals surface area contributed by atoms with Crippen molar-refractivity contribution in [1.29, 1.82) is 0 Å². The van der Waals surface area contributed by atoms with Gasteiger partial charge in [0.1, 0.15) is 0 Å². The third kappa shape index (κ3) is 3.22. The zero-order valence-corrected chi connectivity index (χ0v) is 10.0. The number of nitrogens with one attached hydrogen (secondary N) is 1. The molecular weight excluding hydrogens is 204 g/mol. The molecule has 0 saturated heterocycles. The van der Waals surface area contributed by atoms with Crippen LogP contribution in [0.5, 0.6) is 0 Å². The van der Waals surface area contributed by atoms with E-state index in [1.165, 1.54) is 7.11 Å². The third-order valence-electron chi connectivity index (χ3n) is 2.77. The molecule has 1 rings (SSSR count). The highest BCUT2D eigenvalue weighted by Gasteiger charge is 2.18. The molecule has 4 heteroatoms. The summed E-state index contributed by atoms with van der Waals surface area (Å²) in [6.45, 7) is 7.96. The number of methoxy groups -OCH3 is 1. The number of nitrogens with zero attached hydrogens (tertiary/aromatic N) is 1. The van der Waals surface area contributed by atoms with Crippen molar-refractivity contribution >= 4 is 11.8 Å². The Hall–Kier alpha value is -1.58. The van der Waals surface area contributed by atoms with Crippen molar-refractivity contribution in [2.24, 2.45) is 11.0 Å². The van der Waals surface area contributed by atoms with Crippen LogP contribution in [0, 0.1) is 5.92 Å². The Balaban J connectivity index is 2.71. The van der Waals surface area contributed by atoms with E-state index in [4.69, 9.17) is 0 Å².